The highest BCUT2D eigenvalue weighted by molar-refractivity contribution is 6.29. The predicted octanol–water partition coefficient (Wildman–Crippen LogP) is 2.04. The summed E-state index contributed by atoms with van der Waals surface area (Å²) in [7, 11) is 3.27. The van der Waals surface area contributed by atoms with Gasteiger partial charge in [-0.25, -0.2) is 4.98 Å². The van der Waals surface area contributed by atoms with Crippen LogP contribution in [0.3, 0.4) is 0 Å². The summed E-state index contributed by atoms with van der Waals surface area (Å²) in [4.78, 5) is 20.0. The minimum atomic E-state index is -0.306. The number of carbonyl (C=O) groups excluding carboxylic acids is 1. The van der Waals surface area contributed by atoms with Crippen LogP contribution in [0.5, 0.6) is 5.88 Å². The van der Waals surface area contributed by atoms with Crippen molar-refractivity contribution in [1.82, 2.24) is 14.5 Å². The van der Waals surface area contributed by atoms with Crippen LogP contribution in [0.1, 0.15) is 16.2 Å². The lowest BCUT2D eigenvalue weighted by Gasteiger charge is -2.07. The van der Waals surface area contributed by atoms with Gasteiger partial charge in [0.2, 0.25) is 11.8 Å². The van der Waals surface area contributed by atoms with Crippen LogP contribution in [0.4, 0.5) is 5.95 Å². The van der Waals surface area contributed by atoms with Gasteiger partial charge in [0.25, 0.3) is 5.91 Å². The Morgan fingerprint density at radius 2 is 2.16 bits per heavy atom. The van der Waals surface area contributed by atoms with Gasteiger partial charge in [0.15, 0.2) is 0 Å². The van der Waals surface area contributed by atoms with Gasteiger partial charge in [-0.05, 0) is 19.1 Å². The molecule has 0 saturated carbocycles. The highest BCUT2D eigenvalue weighted by atomic mass is 35.5. The molecule has 0 saturated heterocycles. The van der Waals surface area contributed by atoms with Crippen LogP contribution >= 0.6 is 11.6 Å². The van der Waals surface area contributed by atoms with E-state index in [1.165, 1.54) is 13.2 Å². The first-order valence-electron chi connectivity index (χ1n) is 5.53. The van der Waals surface area contributed by atoms with Crippen LogP contribution in [0.15, 0.2) is 18.2 Å². The summed E-state index contributed by atoms with van der Waals surface area (Å²) in [6.07, 6.45) is 0. The minimum Gasteiger partial charge on any atom is -0.481 e. The van der Waals surface area contributed by atoms with E-state index in [-0.39, 0.29) is 17.0 Å². The van der Waals surface area contributed by atoms with Crippen LogP contribution < -0.4 is 10.1 Å². The van der Waals surface area contributed by atoms with E-state index in [2.05, 4.69) is 15.3 Å². The van der Waals surface area contributed by atoms with E-state index in [4.69, 9.17) is 16.3 Å². The number of amides is 1. The Kier molecular flexibility index (Phi) is 3.71. The lowest BCUT2D eigenvalue weighted by atomic mass is 10.4. The molecule has 0 spiro atoms. The maximum absolute atomic E-state index is 12.1. The molecule has 1 N–H and O–H groups in total. The lowest BCUT2D eigenvalue weighted by Crippen LogP contribution is -2.17. The molecule has 0 aliphatic carbocycles. The number of aromatic nitrogens is 3. The summed E-state index contributed by atoms with van der Waals surface area (Å²) in [6, 6.07) is 5.05. The number of halogens is 1. The highest BCUT2D eigenvalue weighted by Crippen LogP contribution is 2.16. The van der Waals surface area contributed by atoms with E-state index in [0.717, 1.165) is 5.69 Å². The number of rotatable bonds is 3. The maximum atomic E-state index is 12.1. The standard InChI is InChI=1S/C12H13ClN4O2/c1-7-4-5-8(17(7)2)11(18)16-12-14-9(13)6-10(15-12)19-3/h4-6H,1-3H3,(H,14,15,16,18). The third-order valence-corrected chi connectivity index (χ3v) is 2.90. The number of aryl methyl sites for hydroxylation is 1. The number of hydrogen-bond acceptors (Lipinski definition) is 4. The number of anilines is 1. The first-order chi connectivity index (χ1) is 9.01. The van der Waals surface area contributed by atoms with E-state index in [1.807, 2.05) is 20.0 Å². The van der Waals surface area contributed by atoms with Gasteiger partial charge in [-0.2, -0.15) is 4.98 Å². The smallest absolute Gasteiger partial charge is 0.274 e. The Balaban J connectivity index is 2.24. The van der Waals surface area contributed by atoms with Gasteiger partial charge in [-0.15, -0.1) is 0 Å². The van der Waals surface area contributed by atoms with E-state index in [0.29, 0.717) is 11.6 Å². The third-order valence-electron chi connectivity index (χ3n) is 2.71. The van der Waals surface area contributed by atoms with Gasteiger partial charge in [0.05, 0.1) is 7.11 Å². The number of methoxy groups -OCH3 is 1. The normalized spacial score (nSPS) is 10.3. The lowest BCUT2D eigenvalue weighted by molar-refractivity contribution is 0.101. The van der Waals surface area contributed by atoms with Gasteiger partial charge in [0.1, 0.15) is 10.8 Å². The number of nitrogens with one attached hydrogen (secondary N) is 1. The second kappa shape index (κ2) is 5.27. The Morgan fingerprint density at radius 3 is 2.74 bits per heavy atom. The largest absolute Gasteiger partial charge is 0.481 e. The number of hydrogen-bond donors (Lipinski definition) is 1. The fourth-order valence-electron chi connectivity index (χ4n) is 1.56. The molecule has 2 aromatic heterocycles. The van der Waals surface area contributed by atoms with Crippen molar-refractivity contribution >= 4 is 23.5 Å². The molecule has 100 valence electrons. The molecule has 0 aliphatic heterocycles. The van der Waals surface area contributed by atoms with Crippen molar-refractivity contribution in [2.45, 2.75) is 6.92 Å². The molecule has 0 unspecified atom stereocenters. The van der Waals surface area contributed by atoms with Gasteiger partial charge in [-0.3, -0.25) is 10.1 Å². The summed E-state index contributed by atoms with van der Waals surface area (Å²) in [5, 5.41) is 2.78. The maximum Gasteiger partial charge on any atom is 0.274 e. The summed E-state index contributed by atoms with van der Waals surface area (Å²) in [5.74, 6) is 0.0893. The molecule has 2 aromatic rings. The van der Waals surface area contributed by atoms with Crippen molar-refractivity contribution in [3.63, 3.8) is 0 Å². The average molecular weight is 281 g/mol. The SMILES string of the molecule is COc1cc(Cl)nc(NC(=O)c2ccc(C)n2C)n1. The molecular weight excluding hydrogens is 268 g/mol. The first-order valence-corrected chi connectivity index (χ1v) is 5.91. The molecule has 0 fully saturated rings. The highest BCUT2D eigenvalue weighted by Gasteiger charge is 2.13. The van der Waals surface area contributed by atoms with Crippen molar-refractivity contribution in [2.24, 2.45) is 7.05 Å². The summed E-state index contributed by atoms with van der Waals surface area (Å²) < 4.78 is 6.73. The van der Waals surface area contributed by atoms with Gasteiger partial charge >= 0.3 is 0 Å². The molecule has 7 heteroatoms. The monoisotopic (exact) mass is 280 g/mol. The Bertz CT molecular complexity index is 624. The Hall–Kier alpha value is -2.08. The van der Waals surface area contributed by atoms with Crippen molar-refractivity contribution < 1.29 is 9.53 Å². The molecule has 19 heavy (non-hydrogen) atoms. The van der Waals surface area contributed by atoms with Crippen molar-refractivity contribution in [3.05, 3.63) is 34.7 Å². The summed E-state index contributed by atoms with van der Waals surface area (Å²) in [6.45, 7) is 1.91. The van der Waals surface area contributed by atoms with E-state index in [1.54, 1.807) is 10.6 Å². The van der Waals surface area contributed by atoms with Crippen LogP contribution in [0, 0.1) is 6.92 Å². The molecule has 1 amide bonds. The fourth-order valence-corrected chi connectivity index (χ4v) is 1.74. The Labute approximate surface area is 115 Å². The van der Waals surface area contributed by atoms with Crippen molar-refractivity contribution in [2.75, 3.05) is 12.4 Å². The van der Waals surface area contributed by atoms with Crippen molar-refractivity contribution in [3.8, 4) is 5.88 Å². The van der Waals surface area contributed by atoms with Gasteiger partial charge in [0, 0.05) is 18.8 Å². The molecule has 0 aromatic carbocycles. The zero-order valence-corrected chi connectivity index (χ0v) is 11.5. The van der Waals surface area contributed by atoms with Gasteiger partial charge < -0.3 is 9.30 Å². The van der Waals surface area contributed by atoms with Crippen LogP contribution in [0.25, 0.3) is 0 Å². The molecule has 0 radical (unpaired) electrons. The molecule has 0 aliphatic rings. The number of nitrogens with zero attached hydrogens (tertiary/aromatic N) is 3. The van der Waals surface area contributed by atoms with E-state index >= 15 is 0 Å². The second-order valence-electron chi connectivity index (χ2n) is 3.93. The fraction of sp³-hybridized carbons (Fsp3) is 0.250. The average Bonchev–Trinajstić information content (AvgIpc) is 2.69. The van der Waals surface area contributed by atoms with Crippen LogP contribution in [-0.2, 0) is 7.05 Å². The zero-order chi connectivity index (χ0) is 14.0. The molecule has 2 heterocycles. The van der Waals surface area contributed by atoms with E-state index < -0.39 is 0 Å². The summed E-state index contributed by atoms with van der Waals surface area (Å²) in [5.41, 5.74) is 1.50. The first kappa shape index (κ1) is 13.4. The molecule has 0 atom stereocenters. The predicted molar refractivity (Wildman–Crippen MR) is 71.7 cm³/mol. The summed E-state index contributed by atoms with van der Waals surface area (Å²) >= 11 is 5.81. The van der Waals surface area contributed by atoms with Crippen LogP contribution in [0.2, 0.25) is 5.15 Å². The minimum absolute atomic E-state index is 0.105. The quantitative estimate of drug-likeness (QED) is 0.874. The van der Waals surface area contributed by atoms with E-state index in [9.17, 15) is 4.79 Å². The topological polar surface area (TPSA) is 69.0 Å². The number of ether oxygens (including phenoxy) is 1. The molecule has 2 rings (SSSR count). The third kappa shape index (κ3) is 2.85. The molecule has 0 bridgehead atoms. The Morgan fingerprint density at radius 1 is 1.42 bits per heavy atom. The van der Waals surface area contributed by atoms with Crippen molar-refractivity contribution in [1.29, 1.82) is 0 Å². The number of carbonyl (C=O) groups is 1. The molecule has 6 nitrogen and oxygen atoms in total. The van der Waals surface area contributed by atoms with Crippen LogP contribution in [-0.4, -0.2) is 27.6 Å². The zero-order valence-electron chi connectivity index (χ0n) is 10.8. The van der Waals surface area contributed by atoms with Gasteiger partial charge in [-0.1, -0.05) is 11.6 Å². The molecular formula is C12H13ClN4O2. The second-order valence-corrected chi connectivity index (χ2v) is 4.32.